The van der Waals surface area contributed by atoms with Crippen LogP contribution in [0.4, 0.5) is 5.69 Å². The molecule has 0 aliphatic carbocycles. The van der Waals surface area contributed by atoms with Crippen LogP contribution >= 0.6 is 35.1 Å². The second-order valence-corrected chi connectivity index (χ2v) is 9.51. The van der Waals surface area contributed by atoms with Gasteiger partial charge in [0.05, 0.1) is 10.6 Å². The molecule has 3 nitrogen and oxygen atoms in total. The number of thioether (sulfide) groups is 1. The zero-order valence-corrected chi connectivity index (χ0v) is 18.9. The molecule has 1 aliphatic rings. The minimum Gasteiger partial charge on any atom is -0.300 e. The normalized spacial score (nSPS) is 16.3. The summed E-state index contributed by atoms with van der Waals surface area (Å²) in [6.45, 7) is 4.07. The Morgan fingerprint density at radius 2 is 1.63 bits per heavy atom. The molecule has 0 spiro atoms. The summed E-state index contributed by atoms with van der Waals surface area (Å²) in [5.74, 6) is -0.122. The van der Waals surface area contributed by atoms with E-state index in [1.165, 1.54) is 17.3 Å². The van der Waals surface area contributed by atoms with Crippen molar-refractivity contribution in [3.8, 4) is 0 Å². The van der Waals surface area contributed by atoms with E-state index in [9.17, 15) is 4.79 Å². The first-order valence-corrected chi connectivity index (χ1v) is 11.4. The predicted octanol–water partition coefficient (Wildman–Crippen LogP) is 7.00. The summed E-state index contributed by atoms with van der Waals surface area (Å²) in [6, 6.07) is 22.0. The Kier molecular flexibility index (Phi) is 6.32. The van der Waals surface area contributed by atoms with Crippen molar-refractivity contribution in [3.63, 3.8) is 0 Å². The molecule has 0 atom stereocenters. The van der Waals surface area contributed by atoms with Gasteiger partial charge in [0, 0.05) is 14.8 Å². The maximum atomic E-state index is 12.4. The van der Waals surface area contributed by atoms with E-state index < -0.39 is 0 Å². The Morgan fingerprint density at radius 1 is 0.967 bits per heavy atom. The van der Waals surface area contributed by atoms with Gasteiger partial charge in [-0.1, -0.05) is 53.2 Å². The fourth-order valence-electron chi connectivity index (χ4n) is 2.94. The van der Waals surface area contributed by atoms with Gasteiger partial charge in [-0.05, 0) is 85.3 Å². The molecule has 1 aliphatic heterocycles. The lowest BCUT2D eigenvalue weighted by atomic mass is 10.1. The number of amides is 1. The number of carbonyl (C=O) groups excluding carboxylic acids is 1. The molecular weight excluding hydrogens is 432 g/mol. The fourth-order valence-corrected chi connectivity index (χ4v) is 4.72. The van der Waals surface area contributed by atoms with Crippen molar-refractivity contribution < 1.29 is 4.79 Å². The van der Waals surface area contributed by atoms with Gasteiger partial charge in [-0.15, -0.1) is 0 Å². The van der Waals surface area contributed by atoms with Crippen molar-refractivity contribution >= 4 is 58.0 Å². The zero-order valence-electron chi connectivity index (χ0n) is 16.5. The Bertz CT molecular complexity index is 1150. The summed E-state index contributed by atoms with van der Waals surface area (Å²) >= 11 is 8.97. The maximum Gasteiger partial charge on any atom is 0.264 e. The summed E-state index contributed by atoms with van der Waals surface area (Å²) in [5, 5.41) is 4.19. The van der Waals surface area contributed by atoms with Gasteiger partial charge in [0.15, 0.2) is 5.17 Å². The lowest BCUT2D eigenvalue weighted by Gasteiger charge is -2.03. The average molecular weight is 451 g/mol. The van der Waals surface area contributed by atoms with E-state index in [-0.39, 0.29) is 5.91 Å². The lowest BCUT2D eigenvalue weighted by Crippen LogP contribution is -2.19. The number of hydrogen-bond donors (Lipinski definition) is 1. The summed E-state index contributed by atoms with van der Waals surface area (Å²) in [7, 11) is 0. The fraction of sp³-hybridized carbons (Fsp3) is 0.0833. The average Bonchev–Trinajstić information content (AvgIpc) is 3.06. The van der Waals surface area contributed by atoms with Crippen LogP contribution in [0.25, 0.3) is 6.08 Å². The van der Waals surface area contributed by atoms with Crippen LogP contribution in [-0.2, 0) is 4.79 Å². The lowest BCUT2D eigenvalue weighted by molar-refractivity contribution is -0.115. The van der Waals surface area contributed by atoms with Crippen LogP contribution in [0.15, 0.2) is 86.4 Å². The topological polar surface area (TPSA) is 41.5 Å². The third-order valence-corrected chi connectivity index (χ3v) is 6.63. The quantitative estimate of drug-likeness (QED) is 0.435. The Balaban J connectivity index is 1.47. The van der Waals surface area contributed by atoms with Crippen molar-refractivity contribution in [1.82, 2.24) is 5.32 Å². The molecule has 0 unspecified atom stereocenters. The molecule has 0 radical (unpaired) electrons. The molecule has 1 heterocycles. The molecule has 30 heavy (non-hydrogen) atoms. The van der Waals surface area contributed by atoms with Gasteiger partial charge in [0.25, 0.3) is 5.91 Å². The SMILES string of the molecule is Cc1ccc(N=C2NC(=O)C(=Cc3ccc(Sc4ccc(Cl)cc4)cc3)S2)c(C)c1. The molecular formula is C24H19ClN2OS2. The third-order valence-electron chi connectivity index (χ3n) is 4.45. The summed E-state index contributed by atoms with van der Waals surface area (Å²) in [5.41, 5.74) is 4.12. The Hall–Kier alpha value is -2.47. The van der Waals surface area contributed by atoms with Crippen LogP contribution in [0, 0.1) is 13.8 Å². The van der Waals surface area contributed by atoms with E-state index in [1.807, 2.05) is 73.7 Å². The van der Waals surface area contributed by atoms with Crippen LogP contribution in [-0.4, -0.2) is 11.1 Å². The minimum atomic E-state index is -0.122. The van der Waals surface area contributed by atoms with Crippen LogP contribution in [0.3, 0.4) is 0 Å². The van der Waals surface area contributed by atoms with Crippen molar-refractivity contribution in [1.29, 1.82) is 0 Å². The van der Waals surface area contributed by atoms with Gasteiger partial charge in [0.2, 0.25) is 0 Å². The monoisotopic (exact) mass is 450 g/mol. The van der Waals surface area contributed by atoms with Gasteiger partial charge in [-0.25, -0.2) is 4.99 Å². The molecule has 1 fully saturated rings. The highest BCUT2D eigenvalue weighted by Gasteiger charge is 2.23. The van der Waals surface area contributed by atoms with Crippen molar-refractivity contribution in [2.24, 2.45) is 4.99 Å². The second kappa shape index (κ2) is 9.13. The smallest absolute Gasteiger partial charge is 0.264 e. The number of rotatable bonds is 4. The zero-order chi connectivity index (χ0) is 21.1. The Labute approximate surface area is 189 Å². The predicted molar refractivity (Wildman–Crippen MR) is 129 cm³/mol. The van der Waals surface area contributed by atoms with Gasteiger partial charge >= 0.3 is 0 Å². The van der Waals surface area contributed by atoms with Crippen LogP contribution in [0.2, 0.25) is 5.02 Å². The van der Waals surface area contributed by atoms with Crippen molar-refractivity contribution in [3.05, 3.63) is 93.3 Å². The van der Waals surface area contributed by atoms with E-state index in [0.29, 0.717) is 10.1 Å². The number of benzene rings is 3. The molecule has 0 bridgehead atoms. The van der Waals surface area contributed by atoms with Crippen molar-refractivity contribution in [2.45, 2.75) is 23.6 Å². The maximum absolute atomic E-state index is 12.4. The summed E-state index contributed by atoms with van der Waals surface area (Å²) in [6.07, 6.45) is 1.89. The number of carbonyl (C=O) groups is 1. The number of aliphatic imine (C=N–C) groups is 1. The first-order valence-electron chi connectivity index (χ1n) is 9.36. The van der Waals surface area contributed by atoms with E-state index in [2.05, 4.69) is 23.3 Å². The summed E-state index contributed by atoms with van der Waals surface area (Å²) < 4.78 is 0. The highest BCUT2D eigenvalue weighted by atomic mass is 35.5. The van der Waals surface area contributed by atoms with E-state index in [0.717, 1.165) is 31.6 Å². The van der Waals surface area contributed by atoms with E-state index in [4.69, 9.17) is 11.6 Å². The van der Waals surface area contributed by atoms with Crippen molar-refractivity contribution in [2.75, 3.05) is 0 Å². The molecule has 150 valence electrons. The highest BCUT2D eigenvalue weighted by Crippen LogP contribution is 2.31. The van der Waals surface area contributed by atoms with E-state index in [1.54, 1.807) is 11.8 Å². The molecule has 4 rings (SSSR count). The van der Waals surface area contributed by atoms with Gasteiger partial charge in [-0.3, -0.25) is 4.79 Å². The van der Waals surface area contributed by atoms with Crippen LogP contribution in [0.5, 0.6) is 0 Å². The molecule has 0 saturated carbocycles. The molecule has 0 aromatic heterocycles. The van der Waals surface area contributed by atoms with E-state index >= 15 is 0 Å². The van der Waals surface area contributed by atoms with Crippen LogP contribution in [0.1, 0.15) is 16.7 Å². The van der Waals surface area contributed by atoms with Gasteiger partial charge < -0.3 is 5.32 Å². The largest absolute Gasteiger partial charge is 0.300 e. The minimum absolute atomic E-state index is 0.122. The first kappa shape index (κ1) is 20.8. The molecule has 1 saturated heterocycles. The summed E-state index contributed by atoms with van der Waals surface area (Å²) in [4.78, 5) is 19.8. The number of nitrogens with one attached hydrogen (secondary N) is 1. The second-order valence-electron chi connectivity index (χ2n) is 6.90. The third kappa shape index (κ3) is 5.17. The Morgan fingerprint density at radius 3 is 2.30 bits per heavy atom. The molecule has 6 heteroatoms. The first-order chi connectivity index (χ1) is 14.5. The highest BCUT2D eigenvalue weighted by molar-refractivity contribution is 8.18. The molecule has 1 N–H and O–H groups in total. The number of hydrogen-bond acceptors (Lipinski definition) is 4. The molecule has 1 amide bonds. The number of amidine groups is 1. The van der Waals surface area contributed by atoms with Crippen LogP contribution < -0.4 is 5.32 Å². The van der Waals surface area contributed by atoms with Gasteiger partial charge in [0.1, 0.15) is 0 Å². The standard InChI is InChI=1S/C24H19ClN2OS2/c1-15-3-12-21(16(2)13-15)26-24-27-23(28)22(30-24)14-17-4-8-19(9-5-17)29-20-10-6-18(25)7-11-20/h3-14H,1-2H3,(H,26,27,28). The molecule has 3 aromatic carbocycles. The number of aryl methyl sites for hydroxylation is 2. The molecule has 3 aromatic rings. The number of nitrogens with zero attached hydrogens (tertiary/aromatic N) is 1. The van der Waals surface area contributed by atoms with Gasteiger partial charge in [-0.2, -0.15) is 0 Å². The number of halogens is 1.